The van der Waals surface area contributed by atoms with E-state index in [4.69, 9.17) is 0 Å². The molecule has 154 valence electrons. The van der Waals surface area contributed by atoms with Crippen LogP contribution in [0.4, 0.5) is 0 Å². The Labute approximate surface area is 178 Å². The second-order valence-corrected chi connectivity index (χ2v) is 9.14. The molecule has 5 nitrogen and oxygen atoms in total. The van der Waals surface area contributed by atoms with Crippen LogP contribution in [0.3, 0.4) is 0 Å². The number of nitrogens with zero attached hydrogens (tertiary/aromatic N) is 2. The number of nitrogens with one attached hydrogen (secondary N) is 2. The number of hydrogen-bond donors (Lipinski definition) is 2. The SMILES string of the molecule is CN=C(NCCc1cccc(C(=O)N(C)C)c1)NCC1(Sc2ccccc2)CC1. The molecule has 3 rings (SSSR count). The van der Waals surface area contributed by atoms with E-state index in [9.17, 15) is 4.79 Å². The molecular formula is C23H30N4OS. The highest BCUT2D eigenvalue weighted by Crippen LogP contribution is 2.51. The van der Waals surface area contributed by atoms with Gasteiger partial charge in [0.25, 0.3) is 5.91 Å². The molecule has 1 fully saturated rings. The summed E-state index contributed by atoms with van der Waals surface area (Å²) in [5.41, 5.74) is 1.86. The number of guanidine groups is 1. The first-order valence-corrected chi connectivity index (χ1v) is 10.8. The molecule has 1 aliphatic carbocycles. The van der Waals surface area contributed by atoms with Crippen LogP contribution in [0.5, 0.6) is 0 Å². The molecule has 1 amide bonds. The molecule has 2 aromatic carbocycles. The van der Waals surface area contributed by atoms with Crippen LogP contribution in [0.15, 0.2) is 64.5 Å². The lowest BCUT2D eigenvalue weighted by atomic mass is 10.1. The van der Waals surface area contributed by atoms with Gasteiger partial charge in [0.1, 0.15) is 0 Å². The number of carbonyl (C=O) groups is 1. The summed E-state index contributed by atoms with van der Waals surface area (Å²) in [6, 6.07) is 18.4. The van der Waals surface area contributed by atoms with Gasteiger partial charge in [0.05, 0.1) is 0 Å². The maximum absolute atomic E-state index is 12.1. The van der Waals surface area contributed by atoms with Gasteiger partial charge in [-0.25, -0.2) is 0 Å². The predicted molar refractivity (Wildman–Crippen MR) is 122 cm³/mol. The fourth-order valence-electron chi connectivity index (χ4n) is 3.10. The highest BCUT2D eigenvalue weighted by atomic mass is 32.2. The third kappa shape index (κ3) is 6.26. The Kier molecular flexibility index (Phi) is 7.20. The summed E-state index contributed by atoms with van der Waals surface area (Å²) >= 11 is 1.96. The Balaban J connectivity index is 1.45. The highest BCUT2D eigenvalue weighted by Gasteiger charge is 2.43. The summed E-state index contributed by atoms with van der Waals surface area (Å²) in [5, 5.41) is 6.87. The number of rotatable bonds is 8. The zero-order chi connectivity index (χ0) is 20.7. The Morgan fingerprint density at radius 1 is 1.10 bits per heavy atom. The molecule has 0 radical (unpaired) electrons. The second-order valence-electron chi connectivity index (χ2n) is 7.60. The van der Waals surface area contributed by atoms with E-state index < -0.39 is 0 Å². The Morgan fingerprint density at radius 2 is 1.86 bits per heavy atom. The number of benzene rings is 2. The highest BCUT2D eigenvalue weighted by molar-refractivity contribution is 8.01. The molecule has 6 heteroatoms. The van der Waals surface area contributed by atoms with Gasteiger partial charge in [-0.05, 0) is 49.1 Å². The summed E-state index contributed by atoms with van der Waals surface area (Å²) in [4.78, 5) is 19.4. The fourth-order valence-corrected chi connectivity index (χ4v) is 4.35. The van der Waals surface area contributed by atoms with E-state index in [-0.39, 0.29) is 10.7 Å². The van der Waals surface area contributed by atoms with E-state index in [2.05, 4.69) is 52.0 Å². The summed E-state index contributed by atoms with van der Waals surface area (Å²) in [7, 11) is 5.35. The van der Waals surface area contributed by atoms with Crippen molar-refractivity contribution < 1.29 is 4.79 Å². The topological polar surface area (TPSA) is 56.7 Å². The van der Waals surface area contributed by atoms with Crippen molar-refractivity contribution >= 4 is 23.6 Å². The van der Waals surface area contributed by atoms with Gasteiger partial charge in [-0.15, -0.1) is 11.8 Å². The molecule has 2 N–H and O–H groups in total. The zero-order valence-corrected chi connectivity index (χ0v) is 18.3. The monoisotopic (exact) mass is 410 g/mol. The van der Waals surface area contributed by atoms with Crippen LogP contribution >= 0.6 is 11.8 Å². The Bertz CT molecular complexity index is 847. The molecule has 29 heavy (non-hydrogen) atoms. The Hall–Kier alpha value is -2.47. The first kappa shape index (κ1) is 21.2. The number of hydrogen-bond acceptors (Lipinski definition) is 3. The molecule has 0 saturated heterocycles. The molecule has 1 aliphatic rings. The third-order valence-corrected chi connectivity index (χ3v) is 6.47. The largest absolute Gasteiger partial charge is 0.356 e. The average Bonchev–Trinajstić information content (AvgIpc) is 3.50. The van der Waals surface area contributed by atoms with Gasteiger partial charge < -0.3 is 15.5 Å². The van der Waals surface area contributed by atoms with Crippen LogP contribution in [0, 0.1) is 0 Å². The first-order valence-electron chi connectivity index (χ1n) is 10.0. The lowest BCUT2D eigenvalue weighted by molar-refractivity contribution is 0.0827. The lowest BCUT2D eigenvalue weighted by Gasteiger charge is -2.18. The van der Waals surface area contributed by atoms with Crippen molar-refractivity contribution in [3.05, 3.63) is 65.7 Å². The number of amides is 1. The maximum Gasteiger partial charge on any atom is 0.253 e. The van der Waals surface area contributed by atoms with Crippen LogP contribution in [0.2, 0.25) is 0 Å². The van der Waals surface area contributed by atoms with Gasteiger partial charge in [-0.1, -0.05) is 30.3 Å². The average molecular weight is 411 g/mol. The van der Waals surface area contributed by atoms with E-state index in [1.54, 1.807) is 26.0 Å². The fraction of sp³-hybridized carbons (Fsp3) is 0.391. The molecule has 0 aromatic heterocycles. The van der Waals surface area contributed by atoms with Crippen LogP contribution in [-0.2, 0) is 6.42 Å². The van der Waals surface area contributed by atoms with Gasteiger partial charge in [-0.2, -0.15) is 0 Å². The molecule has 0 spiro atoms. The number of aliphatic imine (C=N–C) groups is 1. The van der Waals surface area contributed by atoms with Crippen LogP contribution in [-0.4, -0.2) is 55.7 Å². The summed E-state index contributed by atoms with van der Waals surface area (Å²) < 4.78 is 0.278. The lowest BCUT2D eigenvalue weighted by Crippen LogP contribution is -2.41. The number of thioether (sulfide) groups is 1. The van der Waals surface area contributed by atoms with Crippen LogP contribution < -0.4 is 10.6 Å². The minimum atomic E-state index is 0.0305. The van der Waals surface area contributed by atoms with Crippen molar-refractivity contribution in [1.29, 1.82) is 0 Å². The van der Waals surface area contributed by atoms with Gasteiger partial charge in [0, 0.05) is 49.4 Å². The van der Waals surface area contributed by atoms with Gasteiger partial charge in [0.15, 0.2) is 5.96 Å². The molecule has 0 heterocycles. The Morgan fingerprint density at radius 3 is 2.52 bits per heavy atom. The molecule has 0 atom stereocenters. The zero-order valence-electron chi connectivity index (χ0n) is 17.4. The van der Waals surface area contributed by atoms with E-state index >= 15 is 0 Å². The maximum atomic E-state index is 12.1. The van der Waals surface area contributed by atoms with Crippen molar-refractivity contribution in [1.82, 2.24) is 15.5 Å². The molecule has 2 aromatic rings. The van der Waals surface area contributed by atoms with Gasteiger partial charge >= 0.3 is 0 Å². The van der Waals surface area contributed by atoms with Crippen LogP contribution in [0.1, 0.15) is 28.8 Å². The van der Waals surface area contributed by atoms with E-state index in [0.29, 0.717) is 0 Å². The number of carbonyl (C=O) groups excluding carboxylic acids is 1. The van der Waals surface area contributed by atoms with Gasteiger partial charge in [0.2, 0.25) is 0 Å². The summed E-state index contributed by atoms with van der Waals surface area (Å²) in [5.74, 6) is 0.855. The van der Waals surface area contributed by atoms with Crippen LogP contribution in [0.25, 0.3) is 0 Å². The molecule has 0 aliphatic heterocycles. The van der Waals surface area contributed by atoms with Crippen molar-refractivity contribution in [3.63, 3.8) is 0 Å². The molecule has 1 saturated carbocycles. The van der Waals surface area contributed by atoms with Crippen molar-refractivity contribution in [2.45, 2.75) is 28.9 Å². The first-order chi connectivity index (χ1) is 14.0. The second kappa shape index (κ2) is 9.83. The van der Waals surface area contributed by atoms with E-state index in [1.165, 1.54) is 17.7 Å². The predicted octanol–water partition coefficient (Wildman–Crippen LogP) is 3.42. The van der Waals surface area contributed by atoms with Gasteiger partial charge in [-0.3, -0.25) is 9.79 Å². The minimum Gasteiger partial charge on any atom is -0.356 e. The molecule has 0 bridgehead atoms. The summed E-state index contributed by atoms with van der Waals surface area (Å²) in [6.07, 6.45) is 3.28. The minimum absolute atomic E-state index is 0.0305. The molecular weight excluding hydrogens is 380 g/mol. The molecule has 0 unspecified atom stereocenters. The normalized spacial score (nSPS) is 14.9. The van der Waals surface area contributed by atoms with E-state index in [1.807, 2.05) is 30.0 Å². The third-order valence-electron chi connectivity index (χ3n) is 4.97. The quantitative estimate of drug-likeness (QED) is 0.517. The summed E-state index contributed by atoms with van der Waals surface area (Å²) in [6.45, 7) is 1.66. The smallest absolute Gasteiger partial charge is 0.253 e. The van der Waals surface area contributed by atoms with Crippen molar-refractivity contribution in [2.24, 2.45) is 4.99 Å². The standard InChI is InChI=1S/C23H30N4OS/c1-24-22(26-17-23(13-14-23)29-20-10-5-4-6-11-20)25-15-12-18-8-7-9-19(16-18)21(28)27(2)3/h4-11,16H,12-15,17H2,1-3H3,(H2,24,25,26). The van der Waals surface area contributed by atoms with E-state index in [0.717, 1.165) is 36.6 Å². The van der Waals surface area contributed by atoms with Crippen molar-refractivity contribution in [2.75, 3.05) is 34.2 Å². The van der Waals surface area contributed by atoms with Crippen molar-refractivity contribution in [3.8, 4) is 0 Å².